The van der Waals surface area contributed by atoms with Gasteiger partial charge in [-0.15, -0.1) is 0 Å². The van der Waals surface area contributed by atoms with Crippen LogP contribution >= 0.6 is 0 Å². The fraction of sp³-hybridized carbons (Fsp3) is 0.917. The number of rotatable bonds is 4. The van der Waals surface area contributed by atoms with Crippen molar-refractivity contribution in [1.29, 1.82) is 0 Å². The molecule has 15 heavy (non-hydrogen) atoms. The summed E-state index contributed by atoms with van der Waals surface area (Å²) in [5.74, 6) is 1.52. The number of hydrogen-bond acceptors (Lipinski definition) is 2. The second-order valence-electron chi connectivity index (χ2n) is 5.14. The predicted molar refractivity (Wildman–Crippen MR) is 62.6 cm³/mol. The zero-order valence-corrected chi connectivity index (χ0v) is 10.6. The third-order valence-electron chi connectivity index (χ3n) is 3.83. The minimum atomic E-state index is 0.164. The van der Waals surface area contributed by atoms with Crippen molar-refractivity contribution in [3.63, 3.8) is 0 Å². The Bertz CT molecular complexity index is 224. The molecule has 88 valence electrons. The Morgan fingerprint density at radius 3 is 2.13 bits per heavy atom. The molecule has 0 radical (unpaired) electrons. The third kappa shape index (κ3) is 2.71. The molecule has 0 bridgehead atoms. The molecule has 0 aromatic carbocycles. The van der Waals surface area contributed by atoms with E-state index in [-0.39, 0.29) is 5.92 Å². The number of hydrogen-bond donors (Lipinski definition) is 1. The summed E-state index contributed by atoms with van der Waals surface area (Å²) in [6.07, 6.45) is 0. The Morgan fingerprint density at radius 2 is 1.80 bits per heavy atom. The maximum atomic E-state index is 12.1. The van der Waals surface area contributed by atoms with E-state index in [0.29, 0.717) is 23.8 Å². The van der Waals surface area contributed by atoms with Crippen LogP contribution in [0, 0.1) is 17.8 Å². The van der Waals surface area contributed by atoms with Crippen molar-refractivity contribution >= 4 is 5.91 Å². The summed E-state index contributed by atoms with van der Waals surface area (Å²) < 4.78 is 0. The van der Waals surface area contributed by atoms with Gasteiger partial charge in [-0.05, 0) is 31.8 Å². The van der Waals surface area contributed by atoms with E-state index in [1.807, 2.05) is 11.9 Å². The molecule has 1 heterocycles. The van der Waals surface area contributed by atoms with Crippen LogP contribution in [0.4, 0.5) is 0 Å². The summed E-state index contributed by atoms with van der Waals surface area (Å²) in [5, 5.41) is 3.22. The minimum absolute atomic E-state index is 0.164. The Labute approximate surface area is 93.2 Å². The number of carbonyl (C=O) groups is 1. The van der Waals surface area contributed by atoms with E-state index in [0.717, 1.165) is 13.1 Å². The highest BCUT2D eigenvalue weighted by Crippen LogP contribution is 2.20. The molecule has 2 unspecified atom stereocenters. The molecule has 0 spiro atoms. The fourth-order valence-electron chi connectivity index (χ4n) is 1.84. The number of amides is 1. The number of carbonyl (C=O) groups excluding carboxylic acids is 1. The largest absolute Gasteiger partial charge is 0.343 e. The van der Waals surface area contributed by atoms with Gasteiger partial charge < -0.3 is 10.2 Å². The van der Waals surface area contributed by atoms with E-state index >= 15 is 0 Å². The third-order valence-corrected chi connectivity index (χ3v) is 3.83. The van der Waals surface area contributed by atoms with Crippen molar-refractivity contribution in [1.82, 2.24) is 10.2 Å². The molecule has 2 atom stereocenters. The average molecular weight is 212 g/mol. The lowest BCUT2D eigenvalue weighted by Gasteiger charge is -2.36. The molecular formula is C12H24N2O. The lowest BCUT2D eigenvalue weighted by atomic mass is 9.87. The molecular weight excluding hydrogens is 188 g/mol. The van der Waals surface area contributed by atoms with Crippen LogP contribution in [0.5, 0.6) is 0 Å². The topological polar surface area (TPSA) is 32.3 Å². The Kier molecular flexibility index (Phi) is 4.14. The molecule has 1 N–H and O–H groups in total. The van der Waals surface area contributed by atoms with Crippen LogP contribution in [0.2, 0.25) is 0 Å². The Balaban J connectivity index is 2.50. The molecule has 0 aliphatic carbocycles. The zero-order chi connectivity index (χ0) is 11.6. The van der Waals surface area contributed by atoms with Crippen molar-refractivity contribution in [3.8, 4) is 0 Å². The predicted octanol–water partition coefficient (Wildman–Crippen LogP) is 1.34. The van der Waals surface area contributed by atoms with E-state index in [2.05, 4.69) is 33.0 Å². The van der Waals surface area contributed by atoms with E-state index in [1.54, 1.807) is 0 Å². The number of nitrogens with one attached hydrogen (secondary N) is 1. The Hall–Kier alpha value is -0.570. The van der Waals surface area contributed by atoms with E-state index < -0.39 is 0 Å². The van der Waals surface area contributed by atoms with E-state index in [1.165, 1.54) is 0 Å². The van der Waals surface area contributed by atoms with E-state index in [4.69, 9.17) is 0 Å². The van der Waals surface area contributed by atoms with Crippen LogP contribution in [-0.2, 0) is 4.79 Å². The van der Waals surface area contributed by atoms with Gasteiger partial charge >= 0.3 is 0 Å². The van der Waals surface area contributed by atoms with Gasteiger partial charge in [-0.3, -0.25) is 4.79 Å². The van der Waals surface area contributed by atoms with Gasteiger partial charge in [0.1, 0.15) is 0 Å². The summed E-state index contributed by atoms with van der Waals surface area (Å²) in [7, 11) is 1.93. The van der Waals surface area contributed by atoms with E-state index in [9.17, 15) is 4.79 Å². The second kappa shape index (κ2) is 4.97. The molecule has 1 saturated heterocycles. The van der Waals surface area contributed by atoms with Gasteiger partial charge in [0.25, 0.3) is 0 Å². The van der Waals surface area contributed by atoms with Crippen molar-refractivity contribution in [2.45, 2.75) is 33.7 Å². The summed E-state index contributed by atoms with van der Waals surface area (Å²) >= 11 is 0. The van der Waals surface area contributed by atoms with Gasteiger partial charge in [0.15, 0.2) is 0 Å². The van der Waals surface area contributed by atoms with Crippen LogP contribution in [0.15, 0.2) is 0 Å². The van der Waals surface area contributed by atoms with Crippen LogP contribution in [-0.4, -0.2) is 37.0 Å². The SMILES string of the molecule is CC(C)C(C)N(C)C(=O)C(C)C1CNC1. The standard InChI is InChI=1S/C12H24N2O/c1-8(2)10(4)14(5)12(15)9(3)11-6-13-7-11/h8-11,13H,6-7H2,1-5H3. The highest BCUT2D eigenvalue weighted by Gasteiger charge is 2.32. The first-order chi connectivity index (χ1) is 6.95. The summed E-state index contributed by atoms with van der Waals surface area (Å²) in [4.78, 5) is 14.0. The molecule has 1 rings (SSSR count). The second-order valence-corrected chi connectivity index (χ2v) is 5.14. The molecule has 1 aliphatic heterocycles. The molecule has 3 heteroatoms. The molecule has 1 aliphatic rings. The average Bonchev–Trinajstić information content (AvgIpc) is 2.11. The monoisotopic (exact) mass is 212 g/mol. The lowest BCUT2D eigenvalue weighted by Crippen LogP contribution is -2.51. The van der Waals surface area contributed by atoms with Crippen LogP contribution in [0.25, 0.3) is 0 Å². The first kappa shape index (κ1) is 12.5. The molecule has 1 fully saturated rings. The van der Waals surface area contributed by atoms with Crippen molar-refractivity contribution in [2.24, 2.45) is 17.8 Å². The summed E-state index contributed by atoms with van der Waals surface area (Å²) in [6, 6.07) is 0.327. The van der Waals surface area contributed by atoms with Crippen LogP contribution in [0.1, 0.15) is 27.7 Å². The normalized spacial score (nSPS) is 20.9. The quantitative estimate of drug-likeness (QED) is 0.763. The minimum Gasteiger partial charge on any atom is -0.343 e. The lowest BCUT2D eigenvalue weighted by molar-refractivity contribution is -0.138. The molecule has 3 nitrogen and oxygen atoms in total. The van der Waals surface area contributed by atoms with Crippen molar-refractivity contribution in [2.75, 3.05) is 20.1 Å². The summed E-state index contributed by atoms with van der Waals surface area (Å²) in [6.45, 7) is 10.5. The van der Waals surface area contributed by atoms with Gasteiger partial charge in [-0.2, -0.15) is 0 Å². The fourth-order valence-corrected chi connectivity index (χ4v) is 1.84. The van der Waals surface area contributed by atoms with Gasteiger partial charge in [0.2, 0.25) is 5.91 Å². The maximum absolute atomic E-state index is 12.1. The van der Waals surface area contributed by atoms with Crippen LogP contribution in [0.3, 0.4) is 0 Å². The number of nitrogens with zero attached hydrogens (tertiary/aromatic N) is 1. The molecule has 0 aromatic rings. The van der Waals surface area contributed by atoms with Gasteiger partial charge in [0, 0.05) is 19.0 Å². The highest BCUT2D eigenvalue weighted by molar-refractivity contribution is 5.79. The molecule has 1 amide bonds. The Morgan fingerprint density at radius 1 is 1.27 bits per heavy atom. The smallest absolute Gasteiger partial charge is 0.225 e. The van der Waals surface area contributed by atoms with Gasteiger partial charge in [-0.25, -0.2) is 0 Å². The molecule has 0 saturated carbocycles. The van der Waals surface area contributed by atoms with Gasteiger partial charge in [0.05, 0.1) is 0 Å². The van der Waals surface area contributed by atoms with Crippen LogP contribution < -0.4 is 5.32 Å². The first-order valence-corrected chi connectivity index (χ1v) is 5.92. The van der Waals surface area contributed by atoms with Gasteiger partial charge in [-0.1, -0.05) is 20.8 Å². The zero-order valence-electron chi connectivity index (χ0n) is 10.6. The van der Waals surface area contributed by atoms with Crippen molar-refractivity contribution < 1.29 is 4.79 Å². The summed E-state index contributed by atoms with van der Waals surface area (Å²) in [5.41, 5.74) is 0. The molecule has 0 aromatic heterocycles. The van der Waals surface area contributed by atoms with Crippen molar-refractivity contribution in [3.05, 3.63) is 0 Å². The maximum Gasteiger partial charge on any atom is 0.225 e. The highest BCUT2D eigenvalue weighted by atomic mass is 16.2. The first-order valence-electron chi connectivity index (χ1n) is 5.92.